The standard InChI is InChI=1S/C11H11BrFNO2/c12-5-7-4-10(16)14(6-7)11-8(13)2-1-3-9(11)15/h1-3,7,15H,4-6H2. The van der Waals surface area contributed by atoms with Crippen LogP contribution < -0.4 is 4.90 Å². The molecule has 1 amide bonds. The highest BCUT2D eigenvalue weighted by molar-refractivity contribution is 9.09. The van der Waals surface area contributed by atoms with Gasteiger partial charge in [0, 0.05) is 18.3 Å². The average Bonchev–Trinajstić information content (AvgIpc) is 2.60. The Bertz CT molecular complexity index is 404. The van der Waals surface area contributed by atoms with E-state index < -0.39 is 5.82 Å². The Labute approximate surface area is 101 Å². The molecule has 2 rings (SSSR count). The van der Waals surface area contributed by atoms with Gasteiger partial charge in [-0.25, -0.2) is 4.39 Å². The van der Waals surface area contributed by atoms with Crippen LogP contribution in [0.15, 0.2) is 18.2 Å². The number of aromatic hydroxyl groups is 1. The number of halogens is 2. The minimum atomic E-state index is -0.566. The van der Waals surface area contributed by atoms with Crippen LogP contribution in [0.4, 0.5) is 10.1 Å². The molecule has 1 fully saturated rings. The number of carbonyl (C=O) groups excluding carboxylic acids is 1. The Balaban J connectivity index is 2.35. The number of phenols is 1. The molecule has 1 aliphatic heterocycles. The average molecular weight is 288 g/mol. The first-order valence-electron chi connectivity index (χ1n) is 4.97. The molecule has 0 aliphatic carbocycles. The zero-order chi connectivity index (χ0) is 11.7. The normalized spacial score (nSPS) is 20.5. The van der Waals surface area contributed by atoms with E-state index in [1.165, 1.54) is 23.1 Å². The molecular weight excluding hydrogens is 277 g/mol. The summed E-state index contributed by atoms with van der Waals surface area (Å²) in [6, 6.07) is 4.04. The van der Waals surface area contributed by atoms with Gasteiger partial charge in [-0.15, -0.1) is 0 Å². The van der Waals surface area contributed by atoms with Gasteiger partial charge in [0.05, 0.1) is 0 Å². The van der Waals surface area contributed by atoms with Crippen LogP contribution in [-0.2, 0) is 4.79 Å². The van der Waals surface area contributed by atoms with E-state index in [-0.39, 0.29) is 23.3 Å². The summed E-state index contributed by atoms with van der Waals surface area (Å²) in [5, 5.41) is 10.3. The van der Waals surface area contributed by atoms with Gasteiger partial charge in [-0.2, -0.15) is 0 Å². The molecule has 1 aliphatic rings. The fraction of sp³-hybridized carbons (Fsp3) is 0.364. The van der Waals surface area contributed by atoms with Gasteiger partial charge in [-0.05, 0) is 18.1 Å². The molecule has 86 valence electrons. The van der Waals surface area contributed by atoms with E-state index in [2.05, 4.69) is 15.9 Å². The minimum absolute atomic E-state index is 0.00375. The topological polar surface area (TPSA) is 40.5 Å². The van der Waals surface area contributed by atoms with Crippen molar-refractivity contribution in [1.29, 1.82) is 0 Å². The predicted octanol–water partition coefficient (Wildman–Crippen LogP) is 2.28. The molecule has 3 nitrogen and oxygen atoms in total. The van der Waals surface area contributed by atoms with Crippen LogP contribution in [0.2, 0.25) is 0 Å². The number of para-hydroxylation sites is 1. The van der Waals surface area contributed by atoms with Gasteiger partial charge < -0.3 is 10.0 Å². The number of nitrogens with zero attached hydrogens (tertiary/aromatic N) is 1. The van der Waals surface area contributed by atoms with Gasteiger partial charge in [-0.1, -0.05) is 22.0 Å². The molecule has 0 saturated carbocycles. The van der Waals surface area contributed by atoms with Crippen molar-refractivity contribution >= 4 is 27.5 Å². The van der Waals surface area contributed by atoms with Crippen LogP contribution in [0.25, 0.3) is 0 Å². The minimum Gasteiger partial charge on any atom is -0.506 e. The first-order valence-corrected chi connectivity index (χ1v) is 6.09. The fourth-order valence-electron chi connectivity index (χ4n) is 1.87. The van der Waals surface area contributed by atoms with Gasteiger partial charge in [-0.3, -0.25) is 4.79 Å². The van der Waals surface area contributed by atoms with Crippen LogP contribution in [0.1, 0.15) is 6.42 Å². The Morgan fingerprint density at radius 3 is 2.88 bits per heavy atom. The van der Waals surface area contributed by atoms with Crippen LogP contribution in [0.5, 0.6) is 5.75 Å². The maximum absolute atomic E-state index is 13.5. The Morgan fingerprint density at radius 1 is 1.56 bits per heavy atom. The van der Waals surface area contributed by atoms with Crippen LogP contribution >= 0.6 is 15.9 Å². The second kappa shape index (κ2) is 4.41. The number of hydrogen-bond donors (Lipinski definition) is 1. The summed E-state index contributed by atoms with van der Waals surface area (Å²) in [6.07, 6.45) is 0.388. The second-order valence-electron chi connectivity index (χ2n) is 3.84. The lowest BCUT2D eigenvalue weighted by Crippen LogP contribution is -2.25. The first-order chi connectivity index (χ1) is 7.63. The molecular formula is C11H11BrFNO2. The Morgan fingerprint density at radius 2 is 2.31 bits per heavy atom. The highest BCUT2D eigenvalue weighted by atomic mass is 79.9. The zero-order valence-corrected chi connectivity index (χ0v) is 10.1. The van der Waals surface area contributed by atoms with Crippen LogP contribution in [0.3, 0.4) is 0 Å². The lowest BCUT2D eigenvalue weighted by Gasteiger charge is -2.18. The lowest BCUT2D eigenvalue weighted by atomic mass is 10.2. The molecule has 16 heavy (non-hydrogen) atoms. The maximum Gasteiger partial charge on any atom is 0.227 e. The molecule has 1 N–H and O–H groups in total. The number of alkyl halides is 1. The quantitative estimate of drug-likeness (QED) is 0.848. The third kappa shape index (κ3) is 1.91. The van der Waals surface area contributed by atoms with Crippen molar-refractivity contribution in [3.63, 3.8) is 0 Å². The molecule has 0 radical (unpaired) electrons. The summed E-state index contributed by atoms with van der Waals surface area (Å²) < 4.78 is 13.5. The number of rotatable bonds is 2. The van der Waals surface area contributed by atoms with Crippen molar-refractivity contribution in [3.05, 3.63) is 24.0 Å². The Hall–Kier alpha value is -1.10. The lowest BCUT2D eigenvalue weighted by molar-refractivity contribution is -0.117. The van der Waals surface area contributed by atoms with Crippen LogP contribution in [0, 0.1) is 11.7 Å². The molecule has 1 saturated heterocycles. The third-order valence-electron chi connectivity index (χ3n) is 2.66. The highest BCUT2D eigenvalue weighted by Gasteiger charge is 2.32. The SMILES string of the molecule is O=C1CC(CBr)CN1c1c(O)cccc1F. The summed E-state index contributed by atoms with van der Waals surface area (Å²) in [5.41, 5.74) is -0.00375. The summed E-state index contributed by atoms with van der Waals surface area (Å²) in [5.74, 6) is -0.733. The van der Waals surface area contributed by atoms with Crippen molar-refractivity contribution in [3.8, 4) is 5.75 Å². The molecule has 1 aromatic carbocycles. The van der Waals surface area contributed by atoms with E-state index in [0.29, 0.717) is 18.3 Å². The Kier molecular flexibility index (Phi) is 3.14. The molecule has 1 aromatic rings. The van der Waals surface area contributed by atoms with Gasteiger partial charge in [0.15, 0.2) is 5.82 Å². The van der Waals surface area contributed by atoms with Crippen molar-refractivity contribution in [1.82, 2.24) is 0 Å². The number of anilines is 1. The summed E-state index contributed by atoms with van der Waals surface area (Å²) >= 11 is 3.31. The van der Waals surface area contributed by atoms with Gasteiger partial charge in [0.2, 0.25) is 5.91 Å². The summed E-state index contributed by atoms with van der Waals surface area (Å²) in [4.78, 5) is 13.0. The van der Waals surface area contributed by atoms with Crippen LogP contribution in [-0.4, -0.2) is 22.9 Å². The number of benzene rings is 1. The van der Waals surface area contributed by atoms with E-state index in [4.69, 9.17) is 0 Å². The number of phenolic OH excluding ortho intramolecular Hbond substituents is 1. The van der Waals surface area contributed by atoms with Gasteiger partial charge >= 0.3 is 0 Å². The fourth-order valence-corrected chi connectivity index (χ4v) is 2.31. The summed E-state index contributed by atoms with van der Waals surface area (Å²) in [7, 11) is 0. The van der Waals surface area contributed by atoms with E-state index in [1.807, 2.05) is 0 Å². The monoisotopic (exact) mass is 287 g/mol. The van der Waals surface area contributed by atoms with E-state index in [9.17, 15) is 14.3 Å². The van der Waals surface area contributed by atoms with Crippen molar-refractivity contribution < 1.29 is 14.3 Å². The molecule has 1 atom stereocenters. The molecule has 0 spiro atoms. The van der Waals surface area contributed by atoms with Crippen molar-refractivity contribution in [2.24, 2.45) is 5.92 Å². The zero-order valence-electron chi connectivity index (χ0n) is 8.49. The van der Waals surface area contributed by atoms with Gasteiger partial charge in [0.1, 0.15) is 11.4 Å². The van der Waals surface area contributed by atoms with E-state index in [0.717, 1.165) is 0 Å². The molecule has 1 unspecified atom stereocenters. The van der Waals surface area contributed by atoms with Crippen molar-refractivity contribution in [2.45, 2.75) is 6.42 Å². The first kappa shape index (κ1) is 11.4. The predicted molar refractivity (Wildman–Crippen MR) is 62.3 cm³/mol. The van der Waals surface area contributed by atoms with Crippen molar-refractivity contribution in [2.75, 3.05) is 16.8 Å². The molecule has 0 aromatic heterocycles. The maximum atomic E-state index is 13.5. The molecule has 5 heteroatoms. The van der Waals surface area contributed by atoms with Gasteiger partial charge in [0.25, 0.3) is 0 Å². The summed E-state index contributed by atoms with van der Waals surface area (Å²) in [6.45, 7) is 0.443. The molecule has 0 bridgehead atoms. The number of carbonyl (C=O) groups is 1. The smallest absolute Gasteiger partial charge is 0.227 e. The molecule has 1 heterocycles. The van der Waals surface area contributed by atoms with E-state index >= 15 is 0 Å². The third-order valence-corrected chi connectivity index (χ3v) is 3.57. The number of hydrogen-bond acceptors (Lipinski definition) is 2. The highest BCUT2D eigenvalue weighted by Crippen LogP contribution is 2.34. The number of amides is 1. The largest absolute Gasteiger partial charge is 0.506 e. The van der Waals surface area contributed by atoms with E-state index in [1.54, 1.807) is 0 Å². The second-order valence-corrected chi connectivity index (χ2v) is 4.48.